The molecule has 5 nitrogen and oxygen atoms in total. The average Bonchev–Trinajstić information content (AvgIpc) is 2.72. The first-order chi connectivity index (χ1) is 13.7. The van der Waals surface area contributed by atoms with Crippen LogP contribution in [0.1, 0.15) is 56.5 Å². The highest BCUT2D eigenvalue weighted by atomic mass is 16.5. The molecule has 0 aromatic heterocycles. The van der Waals surface area contributed by atoms with E-state index in [9.17, 15) is 14.7 Å². The number of hydrogen-bond acceptors (Lipinski definition) is 5. The molecule has 158 valence electrons. The van der Waals surface area contributed by atoms with Gasteiger partial charge in [-0.3, -0.25) is 9.59 Å². The molecule has 0 radical (unpaired) electrons. The summed E-state index contributed by atoms with van der Waals surface area (Å²) < 4.78 is 9.86. The molecule has 0 fully saturated rings. The first kappa shape index (κ1) is 24.5. The Bertz CT molecular complexity index is 734. The second kappa shape index (κ2) is 12.1. The minimum atomic E-state index is -1.75. The number of ether oxygens (including phenoxy) is 2. The van der Waals surface area contributed by atoms with Crippen molar-refractivity contribution >= 4 is 11.8 Å². The molecule has 5 heteroatoms. The number of rotatable bonds is 8. The van der Waals surface area contributed by atoms with E-state index in [0.717, 1.165) is 0 Å². The SMILES string of the molecule is CC(C)OC(C)C.COC(=O)CCC(O)(C(=O)c1ccccc1)c1ccccc1. The Morgan fingerprint density at radius 2 is 1.38 bits per heavy atom. The third-order valence-corrected chi connectivity index (χ3v) is 4.13. The van der Waals surface area contributed by atoms with E-state index in [2.05, 4.69) is 4.74 Å². The highest BCUT2D eigenvalue weighted by Crippen LogP contribution is 2.30. The Morgan fingerprint density at radius 3 is 1.79 bits per heavy atom. The van der Waals surface area contributed by atoms with Crippen molar-refractivity contribution in [2.45, 2.75) is 58.3 Å². The van der Waals surface area contributed by atoms with Crippen molar-refractivity contribution in [1.82, 2.24) is 0 Å². The number of aliphatic hydroxyl groups is 1. The molecule has 2 rings (SSSR count). The van der Waals surface area contributed by atoms with Gasteiger partial charge in [0.15, 0.2) is 11.4 Å². The van der Waals surface area contributed by atoms with Crippen molar-refractivity contribution in [3.8, 4) is 0 Å². The van der Waals surface area contributed by atoms with Crippen molar-refractivity contribution in [1.29, 1.82) is 0 Å². The van der Waals surface area contributed by atoms with Crippen LogP contribution in [0.4, 0.5) is 0 Å². The van der Waals surface area contributed by atoms with Gasteiger partial charge in [0.05, 0.1) is 19.3 Å². The lowest BCUT2D eigenvalue weighted by molar-refractivity contribution is -0.141. The smallest absolute Gasteiger partial charge is 0.305 e. The Balaban J connectivity index is 0.000000516. The number of ketones is 1. The van der Waals surface area contributed by atoms with Gasteiger partial charge in [0.2, 0.25) is 0 Å². The van der Waals surface area contributed by atoms with Gasteiger partial charge in [0.1, 0.15) is 0 Å². The summed E-state index contributed by atoms with van der Waals surface area (Å²) in [5.74, 6) is -0.890. The van der Waals surface area contributed by atoms with Crippen LogP contribution in [0.5, 0.6) is 0 Å². The van der Waals surface area contributed by atoms with Gasteiger partial charge < -0.3 is 14.6 Å². The molecule has 2 aromatic rings. The predicted octanol–water partition coefficient (Wildman–Crippen LogP) is 4.53. The molecule has 0 aliphatic rings. The lowest BCUT2D eigenvalue weighted by atomic mass is 9.82. The van der Waals surface area contributed by atoms with E-state index in [1.54, 1.807) is 60.7 Å². The van der Waals surface area contributed by atoms with Gasteiger partial charge in [-0.2, -0.15) is 0 Å². The van der Waals surface area contributed by atoms with Gasteiger partial charge in [-0.15, -0.1) is 0 Å². The molecule has 0 amide bonds. The fourth-order valence-electron chi connectivity index (χ4n) is 2.86. The second-order valence-electron chi connectivity index (χ2n) is 7.23. The maximum absolute atomic E-state index is 12.8. The fourth-order valence-corrected chi connectivity index (χ4v) is 2.86. The molecule has 0 aliphatic heterocycles. The van der Waals surface area contributed by atoms with Crippen molar-refractivity contribution in [3.63, 3.8) is 0 Å². The monoisotopic (exact) mass is 400 g/mol. The zero-order valence-electron chi connectivity index (χ0n) is 17.9. The third kappa shape index (κ3) is 8.18. The number of carbonyl (C=O) groups is 2. The molecule has 1 N–H and O–H groups in total. The van der Waals surface area contributed by atoms with Crippen molar-refractivity contribution < 1.29 is 24.2 Å². The molecule has 0 bridgehead atoms. The van der Waals surface area contributed by atoms with Crippen molar-refractivity contribution in [2.75, 3.05) is 7.11 Å². The van der Waals surface area contributed by atoms with E-state index in [-0.39, 0.29) is 12.8 Å². The number of esters is 1. The molecular formula is C24H32O5. The van der Waals surface area contributed by atoms with Crippen LogP contribution < -0.4 is 0 Å². The summed E-state index contributed by atoms with van der Waals surface area (Å²) in [5.41, 5.74) is -0.886. The molecular weight excluding hydrogens is 368 g/mol. The van der Waals surface area contributed by atoms with Crippen LogP contribution in [-0.4, -0.2) is 36.2 Å². The zero-order valence-corrected chi connectivity index (χ0v) is 17.9. The Labute approximate surface area is 173 Å². The lowest BCUT2D eigenvalue weighted by Crippen LogP contribution is -2.36. The first-order valence-electron chi connectivity index (χ1n) is 9.80. The highest BCUT2D eigenvalue weighted by Gasteiger charge is 2.38. The average molecular weight is 401 g/mol. The Morgan fingerprint density at radius 1 is 0.897 bits per heavy atom. The number of benzene rings is 2. The quantitative estimate of drug-likeness (QED) is 0.521. The Hall–Kier alpha value is -2.50. The van der Waals surface area contributed by atoms with Gasteiger partial charge in [-0.05, 0) is 39.7 Å². The van der Waals surface area contributed by atoms with Gasteiger partial charge in [0, 0.05) is 12.0 Å². The fraction of sp³-hybridized carbons (Fsp3) is 0.417. The summed E-state index contributed by atoms with van der Waals surface area (Å²) in [6, 6.07) is 17.2. The molecule has 1 unspecified atom stereocenters. The molecule has 1 atom stereocenters. The number of hydrogen-bond donors (Lipinski definition) is 1. The van der Waals surface area contributed by atoms with E-state index >= 15 is 0 Å². The summed E-state index contributed by atoms with van der Waals surface area (Å²) in [5, 5.41) is 11.0. The maximum atomic E-state index is 12.8. The van der Waals surface area contributed by atoms with Gasteiger partial charge in [0.25, 0.3) is 0 Å². The molecule has 0 saturated carbocycles. The van der Waals surface area contributed by atoms with E-state index in [1.165, 1.54) is 7.11 Å². The summed E-state index contributed by atoms with van der Waals surface area (Å²) in [6.45, 7) is 8.17. The van der Waals surface area contributed by atoms with E-state index in [4.69, 9.17) is 4.74 Å². The maximum Gasteiger partial charge on any atom is 0.305 e. The first-order valence-corrected chi connectivity index (χ1v) is 9.80. The minimum absolute atomic E-state index is 0.0303. The second-order valence-corrected chi connectivity index (χ2v) is 7.23. The lowest BCUT2D eigenvalue weighted by Gasteiger charge is -2.27. The normalized spacial score (nSPS) is 12.7. The standard InChI is InChI=1S/C18H18O4.C6H14O/c1-22-16(19)12-13-18(21,15-10-6-3-7-11-15)17(20)14-8-4-2-5-9-14;1-5(2)7-6(3)4/h2-11,21H,12-13H2,1H3;5-6H,1-4H3. The van der Waals surface area contributed by atoms with Crippen LogP contribution in [0, 0.1) is 0 Å². The topological polar surface area (TPSA) is 72.8 Å². The van der Waals surface area contributed by atoms with E-state index in [1.807, 2.05) is 27.7 Å². The Kier molecular flexibility index (Phi) is 10.3. The predicted molar refractivity (Wildman–Crippen MR) is 114 cm³/mol. The van der Waals surface area contributed by atoms with Crippen LogP contribution in [0.15, 0.2) is 60.7 Å². The van der Waals surface area contributed by atoms with Crippen LogP contribution in [-0.2, 0) is 19.9 Å². The van der Waals surface area contributed by atoms with Gasteiger partial charge in [-0.1, -0.05) is 60.7 Å². The molecule has 29 heavy (non-hydrogen) atoms. The zero-order chi connectivity index (χ0) is 21.9. The molecule has 2 aromatic carbocycles. The van der Waals surface area contributed by atoms with Gasteiger partial charge in [-0.25, -0.2) is 0 Å². The summed E-state index contributed by atoms with van der Waals surface area (Å²) >= 11 is 0. The van der Waals surface area contributed by atoms with Crippen molar-refractivity contribution in [3.05, 3.63) is 71.8 Å². The molecule has 0 saturated heterocycles. The summed E-state index contributed by atoms with van der Waals surface area (Å²) in [6.07, 6.45) is 0.678. The third-order valence-electron chi connectivity index (χ3n) is 4.13. The van der Waals surface area contributed by atoms with E-state index in [0.29, 0.717) is 23.3 Å². The number of carbonyl (C=O) groups excluding carboxylic acids is 2. The molecule has 0 heterocycles. The van der Waals surface area contributed by atoms with Crippen LogP contribution >= 0.6 is 0 Å². The van der Waals surface area contributed by atoms with Crippen LogP contribution in [0.3, 0.4) is 0 Å². The molecule has 0 spiro atoms. The van der Waals surface area contributed by atoms with Gasteiger partial charge >= 0.3 is 5.97 Å². The summed E-state index contributed by atoms with van der Waals surface area (Å²) in [7, 11) is 1.28. The minimum Gasteiger partial charge on any atom is -0.469 e. The highest BCUT2D eigenvalue weighted by molar-refractivity contribution is 6.03. The number of methoxy groups -OCH3 is 1. The van der Waals surface area contributed by atoms with Crippen LogP contribution in [0.25, 0.3) is 0 Å². The summed E-state index contributed by atoms with van der Waals surface area (Å²) in [4.78, 5) is 24.2. The van der Waals surface area contributed by atoms with Crippen LogP contribution in [0.2, 0.25) is 0 Å². The number of Topliss-reactive ketones (excluding diaryl/α,β-unsaturated/α-hetero) is 1. The largest absolute Gasteiger partial charge is 0.469 e. The molecule has 0 aliphatic carbocycles. The van der Waals surface area contributed by atoms with Crippen molar-refractivity contribution in [2.24, 2.45) is 0 Å². The van der Waals surface area contributed by atoms with E-state index < -0.39 is 17.4 Å².